The number of ether oxygens (including phenoxy) is 1. The Hall–Kier alpha value is -1.36. The fourth-order valence-electron chi connectivity index (χ4n) is 4.64. The van der Waals surface area contributed by atoms with Gasteiger partial charge in [0.1, 0.15) is 6.10 Å². The molecule has 2 aliphatic carbocycles. The van der Waals surface area contributed by atoms with E-state index >= 15 is 0 Å². The van der Waals surface area contributed by atoms with Gasteiger partial charge in [0.2, 0.25) is 5.91 Å². The molecule has 4 nitrogen and oxygen atoms in total. The second-order valence-corrected chi connectivity index (χ2v) is 9.04. The van der Waals surface area contributed by atoms with E-state index in [0.717, 1.165) is 17.7 Å². The largest absolute Gasteiger partial charge is 0.462 e. The molecule has 2 saturated carbocycles. The van der Waals surface area contributed by atoms with Crippen molar-refractivity contribution in [2.45, 2.75) is 65.5 Å². The van der Waals surface area contributed by atoms with Gasteiger partial charge >= 0.3 is 5.97 Å². The first-order valence-electron chi connectivity index (χ1n) is 8.74. The van der Waals surface area contributed by atoms with E-state index in [0.29, 0.717) is 5.92 Å². The number of hydrogen-bond donors (Lipinski definition) is 1. The molecule has 132 valence electrons. The van der Waals surface area contributed by atoms with Crippen LogP contribution in [0.2, 0.25) is 0 Å². The van der Waals surface area contributed by atoms with Crippen LogP contribution in [0, 0.1) is 16.7 Å². The van der Waals surface area contributed by atoms with Crippen LogP contribution in [-0.4, -0.2) is 18.0 Å². The molecule has 1 aromatic heterocycles. The molecule has 1 heterocycles. The maximum absolute atomic E-state index is 12.5. The lowest BCUT2D eigenvalue weighted by Crippen LogP contribution is -2.39. The average Bonchev–Trinajstić information content (AvgIpc) is 3.12. The monoisotopic (exact) mass is 349 g/mol. The molecule has 0 saturated heterocycles. The van der Waals surface area contributed by atoms with Gasteiger partial charge in [0.05, 0.1) is 12.5 Å². The Morgan fingerprint density at radius 2 is 2.17 bits per heavy atom. The minimum absolute atomic E-state index is 0.0000591. The van der Waals surface area contributed by atoms with E-state index in [9.17, 15) is 9.59 Å². The van der Waals surface area contributed by atoms with E-state index in [4.69, 9.17) is 4.74 Å². The van der Waals surface area contributed by atoms with Crippen molar-refractivity contribution in [2.75, 3.05) is 0 Å². The zero-order chi connectivity index (χ0) is 17.5. The Labute approximate surface area is 148 Å². The highest BCUT2D eigenvalue weighted by atomic mass is 32.1. The first kappa shape index (κ1) is 17.5. The van der Waals surface area contributed by atoms with Gasteiger partial charge in [0, 0.05) is 17.2 Å². The van der Waals surface area contributed by atoms with Crippen molar-refractivity contribution < 1.29 is 14.3 Å². The fourth-order valence-corrected chi connectivity index (χ4v) is 5.42. The van der Waals surface area contributed by atoms with Crippen LogP contribution in [0.25, 0.3) is 0 Å². The van der Waals surface area contributed by atoms with E-state index in [2.05, 4.69) is 26.1 Å². The van der Waals surface area contributed by atoms with Crippen LogP contribution in [0.4, 0.5) is 0 Å². The maximum Gasteiger partial charge on any atom is 0.308 e. The van der Waals surface area contributed by atoms with Crippen molar-refractivity contribution in [3.8, 4) is 0 Å². The van der Waals surface area contributed by atoms with Crippen molar-refractivity contribution in [3.05, 3.63) is 22.4 Å². The highest BCUT2D eigenvalue weighted by Crippen LogP contribution is 2.66. The van der Waals surface area contributed by atoms with Gasteiger partial charge < -0.3 is 10.1 Å². The minimum Gasteiger partial charge on any atom is -0.462 e. The molecule has 0 radical (unpaired) electrons. The Bertz CT molecular complexity index is 625. The molecule has 1 N–H and O–H groups in total. The van der Waals surface area contributed by atoms with Crippen LogP contribution in [0.1, 0.15) is 64.3 Å². The van der Waals surface area contributed by atoms with Crippen LogP contribution >= 0.6 is 11.3 Å². The molecule has 1 aromatic rings. The van der Waals surface area contributed by atoms with Crippen molar-refractivity contribution >= 4 is 23.2 Å². The summed E-state index contributed by atoms with van der Waals surface area (Å²) in [5.74, 6) is 0.301. The van der Waals surface area contributed by atoms with Gasteiger partial charge in [-0.3, -0.25) is 9.59 Å². The summed E-state index contributed by atoms with van der Waals surface area (Å²) in [6.07, 6.45) is 3.53. The second kappa shape index (κ2) is 6.17. The van der Waals surface area contributed by atoms with Crippen LogP contribution in [0.3, 0.4) is 0 Å². The molecule has 4 atom stereocenters. The molecule has 0 spiro atoms. The standard InChI is InChI=1S/C19H27NO3S/c1-12(21)20-14(15-6-5-9-24-15)11-17(22)23-16-10-13-7-8-19(16,4)18(13,2)3/h5-6,9,13-14,16H,7-8,10-11H2,1-4H3,(H,20,21)/t13-,14+,16-,19-/m1/s1. The summed E-state index contributed by atoms with van der Waals surface area (Å²) in [5, 5.41) is 4.82. The highest BCUT2D eigenvalue weighted by Gasteiger charge is 2.62. The van der Waals surface area contributed by atoms with Gasteiger partial charge in [-0.05, 0) is 42.0 Å². The lowest BCUT2D eigenvalue weighted by Gasteiger charge is -2.38. The summed E-state index contributed by atoms with van der Waals surface area (Å²) >= 11 is 1.55. The van der Waals surface area contributed by atoms with Crippen molar-refractivity contribution in [2.24, 2.45) is 16.7 Å². The number of fused-ring (bicyclic) bond motifs is 2. The molecule has 3 rings (SSSR count). The first-order chi connectivity index (χ1) is 11.2. The summed E-state index contributed by atoms with van der Waals surface area (Å²) in [5.41, 5.74) is 0.294. The molecule has 1 amide bonds. The molecule has 2 bridgehead atoms. The van der Waals surface area contributed by atoms with Crippen molar-refractivity contribution in [1.29, 1.82) is 0 Å². The number of thiophene rings is 1. The third-order valence-electron chi connectivity index (χ3n) is 6.62. The molecule has 2 aliphatic rings. The normalized spacial score (nSPS) is 31.7. The third kappa shape index (κ3) is 2.87. The summed E-state index contributed by atoms with van der Waals surface area (Å²) in [6.45, 7) is 8.36. The smallest absolute Gasteiger partial charge is 0.308 e. The lowest BCUT2D eigenvalue weighted by molar-refractivity contribution is -0.157. The Morgan fingerprint density at radius 3 is 2.67 bits per heavy atom. The quantitative estimate of drug-likeness (QED) is 0.815. The number of esters is 1. The zero-order valence-corrected chi connectivity index (χ0v) is 15.7. The van der Waals surface area contributed by atoms with Crippen LogP contribution < -0.4 is 5.32 Å². The van der Waals surface area contributed by atoms with Gasteiger partial charge in [-0.25, -0.2) is 0 Å². The summed E-state index contributed by atoms with van der Waals surface area (Å²) in [7, 11) is 0. The molecule has 24 heavy (non-hydrogen) atoms. The Morgan fingerprint density at radius 1 is 1.42 bits per heavy atom. The Balaban J connectivity index is 1.66. The summed E-state index contributed by atoms with van der Waals surface area (Å²) in [6, 6.07) is 3.58. The molecule has 0 unspecified atom stereocenters. The first-order valence-corrected chi connectivity index (χ1v) is 9.62. The predicted octanol–water partition coefficient (Wildman–Crippen LogP) is 4.07. The lowest BCUT2D eigenvalue weighted by atomic mass is 9.70. The maximum atomic E-state index is 12.5. The number of nitrogens with one attached hydrogen (secondary N) is 1. The predicted molar refractivity (Wildman–Crippen MR) is 94.6 cm³/mol. The van der Waals surface area contributed by atoms with Crippen LogP contribution in [-0.2, 0) is 14.3 Å². The van der Waals surface area contributed by atoms with Gasteiger partial charge in [0.25, 0.3) is 0 Å². The second-order valence-electron chi connectivity index (χ2n) is 8.06. The van der Waals surface area contributed by atoms with E-state index in [-0.39, 0.29) is 41.3 Å². The number of carbonyl (C=O) groups is 2. The minimum atomic E-state index is -0.297. The molecular weight excluding hydrogens is 322 g/mol. The number of hydrogen-bond acceptors (Lipinski definition) is 4. The zero-order valence-electron chi connectivity index (χ0n) is 14.9. The van der Waals surface area contributed by atoms with Crippen LogP contribution in [0.5, 0.6) is 0 Å². The summed E-state index contributed by atoms with van der Waals surface area (Å²) in [4.78, 5) is 25.0. The molecule has 2 fully saturated rings. The number of rotatable bonds is 5. The fraction of sp³-hybridized carbons (Fsp3) is 0.684. The van der Waals surface area contributed by atoms with Gasteiger partial charge in [-0.15, -0.1) is 11.3 Å². The average molecular weight is 349 g/mol. The van der Waals surface area contributed by atoms with Crippen molar-refractivity contribution in [1.82, 2.24) is 5.32 Å². The molecule has 0 aromatic carbocycles. The topological polar surface area (TPSA) is 55.4 Å². The van der Waals surface area contributed by atoms with E-state index in [1.54, 1.807) is 11.3 Å². The van der Waals surface area contributed by atoms with Crippen LogP contribution in [0.15, 0.2) is 17.5 Å². The van der Waals surface area contributed by atoms with Crippen molar-refractivity contribution in [3.63, 3.8) is 0 Å². The van der Waals surface area contributed by atoms with Gasteiger partial charge in [0.15, 0.2) is 0 Å². The molecule has 5 heteroatoms. The third-order valence-corrected chi connectivity index (χ3v) is 7.61. The number of carbonyl (C=O) groups excluding carboxylic acids is 2. The Kier molecular flexibility index (Phi) is 4.49. The summed E-state index contributed by atoms with van der Waals surface area (Å²) < 4.78 is 5.91. The highest BCUT2D eigenvalue weighted by molar-refractivity contribution is 7.10. The SMILES string of the molecule is CC(=O)N[C@@H](CC(=O)O[C@@H]1C[C@H]2CC[C@@]1(C)C2(C)C)c1cccs1. The molecule has 0 aliphatic heterocycles. The van der Waals surface area contributed by atoms with E-state index in [1.165, 1.54) is 13.3 Å². The number of amides is 1. The van der Waals surface area contributed by atoms with Gasteiger partial charge in [-0.1, -0.05) is 26.8 Å². The van der Waals surface area contributed by atoms with E-state index < -0.39 is 0 Å². The van der Waals surface area contributed by atoms with E-state index in [1.807, 2.05) is 17.5 Å². The molecular formula is C19H27NO3S. The van der Waals surface area contributed by atoms with Gasteiger partial charge in [-0.2, -0.15) is 0 Å².